The Morgan fingerprint density at radius 3 is 2.96 bits per heavy atom. The minimum Gasteiger partial charge on any atom is -0.361 e. The first-order valence-corrected chi connectivity index (χ1v) is 10.7. The summed E-state index contributed by atoms with van der Waals surface area (Å²) in [6, 6.07) is 5.92. The number of nitrogens with zero attached hydrogens (tertiary/aromatic N) is 3. The summed E-state index contributed by atoms with van der Waals surface area (Å²) in [6.45, 7) is 2.49. The van der Waals surface area contributed by atoms with Gasteiger partial charge in [0.15, 0.2) is 5.60 Å². The van der Waals surface area contributed by atoms with Gasteiger partial charge in [-0.05, 0) is 46.9 Å². The van der Waals surface area contributed by atoms with E-state index in [4.69, 9.17) is 4.74 Å². The first-order valence-electron chi connectivity index (χ1n) is 9.80. The topological polar surface area (TPSA) is 62.7 Å². The number of hydrogen-bond donors (Lipinski definition) is 0. The van der Waals surface area contributed by atoms with Gasteiger partial charge < -0.3 is 14.5 Å². The van der Waals surface area contributed by atoms with Gasteiger partial charge in [-0.15, -0.1) is 0 Å². The summed E-state index contributed by atoms with van der Waals surface area (Å²) in [4.78, 5) is 34.4. The Morgan fingerprint density at radius 1 is 1.36 bits per heavy atom. The van der Waals surface area contributed by atoms with Crippen LogP contribution in [-0.4, -0.2) is 58.4 Å². The monoisotopic (exact) mass is 397 g/mol. The first kappa shape index (κ1) is 17.8. The molecule has 2 atom stereocenters. The zero-order valence-corrected chi connectivity index (χ0v) is 16.4. The predicted molar refractivity (Wildman–Crippen MR) is 105 cm³/mol. The molecule has 1 saturated carbocycles. The standard InChI is InChI=1S/C21H23N3O3S/c25-19(16-3-4-16)24-12-18(17-2-1-6-22-10-17)21(14-24)20(26)23(7-8-27-21)11-15-5-9-28-13-15/h1-2,5-6,9-10,13,16,18H,3-4,7-8,11-12,14H2. The lowest BCUT2D eigenvalue weighted by molar-refractivity contribution is -0.173. The van der Waals surface area contributed by atoms with E-state index in [0.717, 1.165) is 24.0 Å². The molecule has 2 aromatic rings. The van der Waals surface area contributed by atoms with Crippen molar-refractivity contribution in [1.82, 2.24) is 14.8 Å². The Morgan fingerprint density at radius 2 is 2.25 bits per heavy atom. The number of amides is 2. The van der Waals surface area contributed by atoms with E-state index >= 15 is 0 Å². The first-order chi connectivity index (χ1) is 13.7. The Labute approximate surface area is 168 Å². The summed E-state index contributed by atoms with van der Waals surface area (Å²) in [7, 11) is 0. The number of carbonyl (C=O) groups is 2. The van der Waals surface area contributed by atoms with Crippen LogP contribution in [0.4, 0.5) is 0 Å². The third-order valence-corrected chi connectivity index (χ3v) is 6.77. The molecule has 5 rings (SSSR count). The zero-order chi connectivity index (χ0) is 19.1. The molecule has 0 aromatic carbocycles. The van der Waals surface area contributed by atoms with Gasteiger partial charge in [0.25, 0.3) is 5.91 Å². The molecular formula is C21H23N3O3S. The Hall–Kier alpha value is -2.25. The summed E-state index contributed by atoms with van der Waals surface area (Å²) in [6.07, 6.45) is 5.44. The number of rotatable bonds is 4. The SMILES string of the molecule is O=C(C1CC1)N1CC(c2cccnc2)C2(C1)OCCN(Cc1ccsc1)C2=O. The second-order valence-electron chi connectivity index (χ2n) is 7.93. The van der Waals surface area contributed by atoms with E-state index in [1.807, 2.05) is 27.3 Å². The third-order valence-electron chi connectivity index (χ3n) is 6.04. The molecule has 0 bridgehead atoms. The van der Waals surface area contributed by atoms with Crippen LogP contribution < -0.4 is 0 Å². The number of hydrogen-bond acceptors (Lipinski definition) is 5. The Kier molecular flexibility index (Phi) is 4.44. The van der Waals surface area contributed by atoms with Crippen molar-refractivity contribution < 1.29 is 14.3 Å². The highest BCUT2D eigenvalue weighted by Gasteiger charge is 2.58. The van der Waals surface area contributed by atoms with Gasteiger partial charge in [-0.2, -0.15) is 11.3 Å². The van der Waals surface area contributed by atoms with Gasteiger partial charge in [0, 0.05) is 43.9 Å². The van der Waals surface area contributed by atoms with Crippen molar-refractivity contribution in [3.63, 3.8) is 0 Å². The molecule has 28 heavy (non-hydrogen) atoms. The van der Waals surface area contributed by atoms with Crippen molar-refractivity contribution in [2.24, 2.45) is 5.92 Å². The van der Waals surface area contributed by atoms with Gasteiger partial charge in [-0.25, -0.2) is 0 Å². The smallest absolute Gasteiger partial charge is 0.257 e. The summed E-state index contributed by atoms with van der Waals surface area (Å²) >= 11 is 1.63. The molecule has 2 unspecified atom stereocenters. The lowest BCUT2D eigenvalue weighted by atomic mass is 9.83. The van der Waals surface area contributed by atoms with Gasteiger partial charge in [0.05, 0.1) is 13.2 Å². The van der Waals surface area contributed by atoms with Crippen molar-refractivity contribution in [2.75, 3.05) is 26.2 Å². The molecule has 1 aliphatic carbocycles. The lowest BCUT2D eigenvalue weighted by Gasteiger charge is -2.42. The van der Waals surface area contributed by atoms with Gasteiger partial charge in [0.1, 0.15) is 0 Å². The number of thiophene rings is 1. The van der Waals surface area contributed by atoms with Gasteiger partial charge in [-0.3, -0.25) is 14.6 Å². The number of likely N-dealkylation sites (tertiary alicyclic amines) is 1. The van der Waals surface area contributed by atoms with Crippen molar-refractivity contribution >= 4 is 23.2 Å². The van der Waals surface area contributed by atoms with Crippen LogP contribution in [-0.2, 0) is 20.9 Å². The highest BCUT2D eigenvalue weighted by Crippen LogP contribution is 2.44. The summed E-state index contributed by atoms with van der Waals surface area (Å²) in [5.41, 5.74) is 1.08. The average Bonchev–Trinajstić information content (AvgIpc) is 3.31. The summed E-state index contributed by atoms with van der Waals surface area (Å²) in [5, 5.41) is 4.10. The number of aromatic nitrogens is 1. The number of pyridine rings is 1. The highest BCUT2D eigenvalue weighted by molar-refractivity contribution is 7.07. The van der Waals surface area contributed by atoms with Crippen LogP contribution in [0.15, 0.2) is 41.4 Å². The van der Waals surface area contributed by atoms with Crippen molar-refractivity contribution in [1.29, 1.82) is 0 Å². The minimum absolute atomic E-state index is 0.00935. The Bertz CT molecular complexity index is 868. The van der Waals surface area contributed by atoms with E-state index in [1.54, 1.807) is 23.7 Å². The largest absolute Gasteiger partial charge is 0.361 e. The Balaban J connectivity index is 1.47. The fourth-order valence-corrected chi connectivity index (χ4v) is 5.08. The third kappa shape index (κ3) is 3.02. The zero-order valence-electron chi connectivity index (χ0n) is 15.6. The normalized spacial score (nSPS) is 27.6. The van der Waals surface area contributed by atoms with Gasteiger partial charge >= 0.3 is 0 Å². The fraction of sp³-hybridized carbons (Fsp3) is 0.476. The van der Waals surface area contributed by atoms with Crippen LogP contribution >= 0.6 is 11.3 Å². The molecule has 3 aliphatic rings. The van der Waals surface area contributed by atoms with Crippen LogP contribution in [0.1, 0.15) is 29.9 Å². The highest BCUT2D eigenvalue weighted by atomic mass is 32.1. The van der Waals surface area contributed by atoms with Crippen LogP contribution in [0.3, 0.4) is 0 Å². The average molecular weight is 398 g/mol. The number of morpholine rings is 1. The van der Waals surface area contributed by atoms with Crippen LogP contribution in [0.25, 0.3) is 0 Å². The maximum absolute atomic E-state index is 13.7. The van der Waals surface area contributed by atoms with E-state index in [9.17, 15) is 9.59 Å². The molecule has 1 spiro atoms. The molecular weight excluding hydrogens is 374 g/mol. The van der Waals surface area contributed by atoms with Crippen molar-refractivity contribution in [2.45, 2.75) is 30.9 Å². The molecule has 6 nitrogen and oxygen atoms in total. The fourth-order valence-electron chi connectivity index (χ4n) is 4.42. The molecule has 4 heterocycles. The van der Waals surface area contributed by atoms with E-state index < -0.39 is 5.60 Å². The molecule has 3 fully saturated rings. The van der Waals surface area contributed by atoms with E-state index in [-0.39, 0.29) is 23.7 Å². The molecule has 2 saturated heterocycles. The predicted octanol–water partition coefficient (Wildman–Crippen LogP) is 2.28. The van der Waals surface area contributed by atoms with Gasteiger partial charge in [0.2, 0.25) is 5.91 Å². The molecule has 2 aliphatic heterocycles. The second-order valence-corrected chi connectivity index (χ2v) is 8.71. The second kappa shape index (κ2) is 6.97. The molecule has 7 heteroatoms. The maximum atomic E-state index is 13.7. The van der Waals surface area contributed by atoms with Crippen LogP contribution in [0.2, 0.25) is 0 Å². The molecule has 0 N–H and O–H groups in total. The van der Waals surface area contributed by atoms with Gasteiger partial charge in [-0.1, -0.05) is 6.07 Å². The molecule has 2 amide bonds. The molecule has 146 valence electrons. The van der Waals surface area contributed by atoms with E-state index in [2.05, 4.69) is 16.4 Å². The molecule has 2 aromatic heterocycles. The van der Waals surface area contributed by atoms with E-state index in [0.29, 0.717) is 32.8 Å². The van der Waals surface area contributed by atoms with Crippen molar-refractivity contribution in [3.8, 4) is 0 Å². The van der Waals surface area contributed by atoms with Crippen molar-refractivity contribution in [3.05, 3.63) is 52.5 Å². The summed E-state index contributed by atoms with van der Waals surface area (Å²) in [5.74, 6) is 0.0917. The maximum Gasteiger partial charge on any atom is 0.257 e. The minimum atomic E-state index is -1.01. The quantitative estimate of drug-likeness (QED) is 0.794. The number of carbonyl (C=O) groups excluding carboxylic acids is 2. The lowest BCUT2D eigenvalue weighted by Crippen LogP contribution is -2.60. The number of ether oxygens (including phenoxy) is 1. The van der Waals surface area contributed by atoms with Crippen LogP contribution in [0, 0.1) is 5.92 Å². The van der Waals surface area contributed by atoms with E-state index in [1.165, 1.54) is 0 Å². The summed E-state index contributed by atoms with van der Waals surface area (Å²) < 4.78 is 6.23. The van der Waals surface area contributed by atoms with Crippen LogP contribution in [0.5, 0.6) is 0 Å². The molecule has 0 radical (unpaired) electrons.